The summed E-state index contributed by atoms with van der Waals surface area (Å²) in [5.74, 6) is 0.889. The van der Waals surface area contributed by atoms with Crippen LogP contribution >= 0.6 is 11.6 Å². The minimum absolute atomic E-state index is 0.0652. The van der Waals surface area contributed by atoms with Crippen LogP contribution in [-0.4, -0.2) is 27.7 Å². The molecule has 5 nitrogen and oxygen atoms in total. The van der Waals surface area contributed by atoms with Crippen LogP contribution in [0.5, 0.6) is 0 Å². The Hall–Kier alpha value is -1.33. The van der Waals surface area contributed by atoms with E-state index < -0.39 is 0 Å². The topological polar surface area (TPSA) is 84.1 Å². The van der Waals surface area contributed by atoms with Crippen molar-refractivity contribution in [3.8, 4) is 0 Å². The van der Waals surface area contributed by atoms with Crippen molar-refractivity contribution in [3.05, 3.63) is 23.4 Å². The molecule has 1 aromatic rings. The molecule has 2 atom stereocenters. The van der Waals surface area contributed by atoms with Gasteiger partial charge in [0.15, 0.2) is 0 Å². The maximum absolute atomic E-state index is 9.16. The first-order chi connectivity index (χ1) is 7.69. The third-order valence-electron chi connectivity index (χ3n) is 2.55. The van der Waals surface area contributed by atoms with E-state index in [9.17, 15) is 0 Å². The number of hydrogen-bond donors (Lipinski definition) is 3. The average Bonchev–Trinajstić information content (AvgIpc) is 2.63. The van der Waals surface area contributed by atoms with Gasteiger partial charge in [-0.2, -0.15) is 4.98 Å². The van der Waals surface area contributed by atoms with Gasteiger partial charge >= 0.3 is 0 Å². The number of hydrogen-bond acceptors (Lipinski definition) is 5. The zero-order valence-electron chi connectivity index (χ0n) is 8.60. The van der Waals surface area contributed by atoms with Gasteiger partial charge in [-0.15, -0.1) is 0 Å². The van der Waals surface area contributed by atoms with E-state index in [0.29, 0.717) is 11.0 Å². The molecule has 4 N–H and O–H groups in total. The predicted molar refractivity (Wildman–Crippen MR) is 63.2 cm³/mol. The van der Waals surface area contributed by atoms with Crippen LogP contribution in [0.1, 0.15) is 6.42 Å². The Morgan fingerprint density at radius 2 is 2.38 bits per heavy atom. The van der Waals surface area contributed by atoms with Gasteiger partial charge in [0.05, 0.1) is 6.04 Å². The third-order valence-corrected chi connectivity index (χ3v) is 2.74. The number of rotatable bonds is 3. The maximum Gasteiger partial charge on any atom is 0.223 e. The summed E-state index contributed by atoms with van der Waals surface area (Å²) in [6, 6.07) is 1.67. The molecular formula is C10H13ClN4O. The zero-order chi connectivity index (χ0) is 11.5. The smallest absolute Gasteiger partial charge is 0.223 e. The minimum Gasteiger partial charge on any atom is -0.396 e. The largest absolute Gasteiger partial charge is 0.396 e. The quantitative estimate of drug-likeness (QED) is 0.544. The van der Waals surface area contributed by atoms with Gasteiger partial charge in [-0.1, -0.05) is 23.8 Å². The molecule has 1 aliphatic rings. The summed E-state index contributed by atoms with van der Waals surface area (Å²) in [5.41, 5.74) is 5.49. The lowest BCUT2D eigenvalue weighted by atomic mass is 10.0. The van der Waals surface area contributed by atoms with Gasteiger partial charge in [-0.3, -0.25) is 0 Å². The molecule has 1 aliphatic carbocycles. The van der Waals surface area contributed by atoms with Crippen molar-refractivity contribution in [3.63, 3.8) is 0 Å². The number of aromatic nitrogens is 2. The monoisotopic (exact) mass is 240 g/mol. The highest BCUT2D eigenvalue weighted by Crippen LogP contribution is 2.22. The normalized spacial score (nSPS) is 23.6. The van der Waals surface area contributed by atoms with E-state index in [0.717, 1.165) is 6.42 Å². The highest BCUT2D eigenvalue weighted by Gasteiger charge is 2.22. The van der Waals surface area contributed by atoms with Crippen molar-refractivity contribution in [1.82, 2.24) is 9.97 Å². The number of nitrogens with zero attached hydrogens (tertiary/aromatic N) is 2. The van der Waals surface area contributed by atoms with Crippen molar-refractivity contribution in [2.45, 2.75) is 12.5 Å². The maximum atomic E-state index is 9.16. The lowest BCUT2D eigenvalue weighted by Gasteiger charge is -2.19. The molecule has 0 bridgehead atoms. The Kier molecular flexibility index (Phi) is 3.26. The Balaban J connectivity index is 2.11. The molecule has 0 unspecified atom stereocenters. The lowest BCUT2D eigenvalue weighted by molar-refractivity contribution is 0.227. The van der Waals surface area contributed by atoms with Gasteiger partial charge in [-0.25, -0.2) is 4.98 Å². The fraction of sp³-hybridized carbons (Fsp3) is 0.400. The molecule has 0 radical (unpaired) electrons. The van der Waals surface area contributed by atoms with Gasteiger partial charge in [0, 0.05) is 18.6 Å². The van der Waals surface area contributed by atoms with Crippen LogP contribution in [0.3, 0.4) is 0 Å². The number of allylic oxidation sites excluding steroid dienone is 1. The van der Waals surface area contributed by atoms with E-state index in [1.807, 2.05) is 12.2 Å². The zero-order valence-corrected chi connectivity index (χ0v) is 9.35. The molecule has 86 valence electrons. The molecule has 6 heteroatoms. The molecular weight excluding hydrogens is 228 g/mol. The van der Waals surface area contributed by atoms with Crippen molar-refractivity contribution in [2.24, 2.45) is 5.92 Å². The first kappa shape index (κ1) is 11.2. The lowest BCUT2D eigenvalue weighted by Crippen LogP contribution is -2.26. The molecule has 1 aromatic heterocycles. The van der Waals surface area contributed by atoms with Gasteiger partial charge in [0.1, 0.15) is 11.0 Å². The summed E-state index contributed by atoms with van der Waals surface area (Å²) in [5, 5.41) is 12.6. The number of anilines is 2. The average molecular weight is 241 g/mol. The van der Waals surface area contributed by atoms with Gasteiger partial charge in [-0.05, 0) is 6.42 Å². The highest BCUT2D eigenvalue weighted by molar-refractivity contribution is 6.29. The van der Waals surface area contributed by atoms with Gasteiger partial charge in [0.2, 0.25) is 5.95 Å². The molecule has 2 rings (SSSR count). The van der Waals surface area contributed by atoms with Crippen LogP contribution in [0.25, 0.3) is 0 Å². The molecule has 0 saturated heterocycles. The van der Waals surface area contributed by atoms with Crippen LogP contribution in [0.15, 0.2) is 18.2 Å². The highest BCUT2D eigenvalue weighted by atomic mass is 35.5. The van der Waals surface area contributed by atoms with Crippen molar-refractivity contribution in [1.29, 1.82) is 0 Å². The van der Waals surface area contributed by atoms with E-state index in [-0.39, 0.29) is 24.5 Å². The molecule has 0 saturated carbocycles. The van der Waals surface area contributed by atoms with Crippen LogP contribution < -0.4 is 11.1 Å². The van der Waals surface area contributed by atoms with Crippen molar-refractivity contribution < 1.29 is 5.11 Å². The number of aliphatic hydroxyl groups excluding tert-OH is 1. The molecule has 0 aliphatic heterocycles. The Bertz CT molecular complexity index is 390. The first-order valence-corrected chi connectivity index (χ1v) is 5.41. The van der Waals surface area contributed by atoms with Gasteiger partial charge < -0.3 is 16.2 Å². The first-order valence-electron chi connectivity index (χ1n) is 5.03. The molecule has 16 heavy (non-hydrogen) atoms. The summed E-state index contributed by atoms with van der Waals surface area (Å²) in [7, 11) is 0. The van der Waals surface area contributed by atoms with Crippen LogP contribution in [0.2, 0.25) is 5.15 Å². The summed E-state index contributed by atoms with van der Waals surface area (Å²) in [4.78, 5) is 7.79. The van der Waals surface area contributed by atoms with E-state index in [1.54, 1.807) is 6.07 Å². The standard InChI is InChI=1S/C10H13ClN4O/c11-8-4-9(15-10(12)14-8)13-7-3-1-2-6(7)5-16/h1,3-4,6-7,16H,2,5H2,(H3,12,13,14,15)/t6-,7-/m0/s1. The molecule has 0 fully saturated rings. The third kappa shape index (κ3) is 2.43. The molecule has 0 spiro atoms. The number of nitrogen functional groups attached to an aromatic ring is 1. The van der Waals surface area contributed by atoms with E-state index in [1.165, 1.54) is 0 Å². The molecule has 1 heterocycles. The Labute approximate surface area is 98.4 Å². The Morgan fingerprint density at radius 1 is 1.56 bits per heavy atom. The second-order valence-electron chi connectivity index (χ2n) is 3.71. The summed E-state index contributed by atoms with van der Waals surface area (Å²) >= 11 is 5.77. The van der Waals surface area contributed by atoms with E-state index in [2.05, 4.69) is 15.3 Å². The van der Waals surface area contributed by atoms with E-state index in [4.69, 9.17) is 22.4 Å². The van der Waals surface area contributed by atoms with Crippen LogP contribution in [0, 0.1) is 5.92 Å². The minimum atomic E-state index is 0.0652. The molecule has 0 aromatic carbocycles. The van der Waals surface area contributed by atoms with Crippen molar-refractivity contribution in [2.75, 3.05) is 17.7 Å². The van der Waals surface area contributed by atoms with Crippen LogP contribution in [0.4, 0.5) is 11.8 Å². The summed E-state index contributed by atoms with van der Waals surface area (Å²) in [6.07, 6.45) is 4.90. The van der Waals surface area contributed by atoms with Crippen molar-refractivity contribution >= 4 is 23.4 Å². The second-order valence-corrected chi connectivity index (χ2v) is 4.10. The second kappa shape index (κ2) is 4.67. The number of nitrogens with two attached hydrogens (primary N) is 1. The fourth-order valence-electron chi connectivity index (χ4n) is 1.74. The fourth-order valence-corrected chi connectivity index (χ4v) is 1.93. The van der Waals surface area contributed by atoms with Gasteiger partial charge in [0.25, 0.3) is 0 Å². The number of halogens is 1. The number of aliphatic hydroxyl groups is 1. The molecule has 0 amide bonds. The Morgan fingerprint density at radius 3 is 3.06 bits per heavy atom. The predicted octanol–water partition coefficient (Wildman–Crippen LogP) is 1.06. The summed E-state index contributed by atoms with van der Waals surface area (Å²) in [6.45, 7) is 0.138. The van der Waals surface area contributed by atoms with Crippen LogP contribution in [-0.2, 0) is 0 Å². The summed E-state index contributed by atoms with van der Waals surface area (Å²) < 4.78 is 0. The number of nitrogens with one attached hydrogen (secondary N) is 1. The SMILES string of the molecule is Nc1nc(Cl)cc(N[C@H]2C=CC[C@H]2CO)n1. The van der Waals surface area contributed by atoms with E-state index >= 15 is 0 Å².